The molecule has 18 heavy (non-hydrogen) atoms. The van der Waals surface area contributed by atoms with Gasteiger partial charge in [0.2, 0.25) is 0 Å². The van der Waals surface area contributed by atoms with Crippen molar-refractivity contribution in [1.82, 2.24) is 4.98 Å². The highest BCUT2D eigenvalue weighted by atomic mass is 79.9. The quantitative estimate of drug-likeness (QED) is 0.676. The van der Waals surface area contributed by atoms with E-state index in [1.165, 1.54) is 0 Å². The molecule has 94 valence electrons. The van der Waals surface area contributed by atoms with Crippen LogP contribution < -0.4 is 10.5 Å². The van der Waals surface area contributed by atoms with Gasteiger partial charge in [0, 0.05) is 11.1 Å². The van der Waals surface area contributed by atoms with E-state index < -0.39 is 0 Å². The van der Waals surface area contributed by atoms with Gasteiger partial charge in [0.25, 0.3) is 0 Å². The van der Waals surface area contributed by atoms with Crippen molar-refractivity contribution < 1.29 is 4.74 Å². The maximum absolute atomic E-state index is 7.17. The van der Waals surface area contributed by atoms with Crippen LogP contribution in [-0.2, 0) is 0 Å². The lowest BCUT2D eigenvalue weighted by atomic mass is 10.1. The van der Waals surface area contributed by atoms with E-state index in [1.807, 2.05) is 32.0 Å². The highest BCUT2D eigenvalue weighted by Gasteiger charge is 2.10. The van der Waals surface area contributed by atoms with Crippen molar-refractivity contribution in [2.24, 2.45) is 5.73 Å². The molecule has 0 bridgehead atoms. The summed E-state index contributed by atoms with van der Waals surface area (Å²) in [5.41, 5.74) is 8.34. The SMILES string of the molecule is Cc1cc(C)c2c(Br)c(OCC(=N)N)ccc2n1. The van der Waals surface area contributed by atoms with E-state index in [1.54, 1.807) is 0 Å². The van der Waals surface area contributed by atoms with Crippen LogP contribution in [0.3, 0.4) is 0 Å². The predicted octanol–water partition coefficient (Wildman–Crippen LogP) is 2.93. The number of aryl methyl sites for hydroxylation is 2. The van der Waals surface area contributed by atoms with Gasteiger partial charge < -0.3 is 10.5 Å². The highest BCUT2D eigenvalue weighted by Crippen LogP contribution is 2.34. The Labute approximate surface area is 114 Å². The number of pyridine rings is 1. The molecule has 1 aromatic heterocycles. The summed E-state index contributed by atoms with van der Waals surface area (Å²) < 4.78 is 6.32. The lowest BCUT2D eigenvalue weighted by Gasteiger charge is -2.11. The van der Waals surface area contributed by atoms with E-state index in [0.717, 1.165) is 26.6 Å². The largest absolute Gasteiger partial charge is 0.485 e. The molecule has 2 aromatic rings. The van der Waals surface area contributed by atoms with Crippen molar-refractivity contribution in [1.29, 1.82) is 5.41 Å². The van der Waals surface area contributed by atoms with Gasteiger partial charge in [0.05, 0.1) is 9.99 Å². The Morgan fingerprint density at radius 3 is 2.83 bits per heavy atom. The average molecular weight is 308 g/mol. The fourth-order valence-corrected chi connectivity index (χ4v) is 2.65. The highest BCUT2D eigenvalue weighted by molar-refractivity contribution is 9.10. The zero-order chi connectivity index (χ0) is 13.3. The van der Waals surface area contributed by atoms with E-state index in [0.29, 0.717) is 5.75 Å². The summed E-state index contributed by atoms with van der Waals surface area (Å²) >= 11 is 3.53. The van der Waals surface area contributed by atoms with Gasteiger partial charge in [0.1, 0.15) is 18.2 Å². The monoisotopic (exact) mass is 307 g/mol. The van der Waals surface area contributed by atoms with Gasteiger partial charge in [-0.25, -0.2) is 0 Å². The van der Waals surface area contributed by atoms with Crippen molar-refractivity contribution in [3.63, 3.8) is 0 Å². The molecule has 0 fully saturated rings. The molecule has 0 saturated heterocycles. The second-order valence-corrected chi connectivity index (χ2v) is 4.96. The fourth-order valence-electron chi connectivity index (χ4n) is 1.89. The number of aromatic nitrogens is 1. The fraction of sp³-hybridized carbons (Fsp3) is 0.231. The van der Waals surface area contributed by atoms with Gasteiger partial charge in [-0.3, -0.25) is 10.4 Å². The number of rotatable bonds is 3. The number of nitrogens with two attached hydrogens (primary N) is 1. The second kappa shape index (κ2) is 4.94. The first-order valence-corrected chi connectivity index (χ1v) is 6.30. The standard InChI is InChI=1S/C13H14BrN3O/c1-7-5-8(2)17-9-3-4-10(13(14)12(7)9)18-6-11(15)16/h3-5H,6H2,1-2H3,(H3,15,16). The summed E-state index contributed by atoms with van der Waals surface area (Å²) in [7, 11) is 0. The van der Waals surface area contributed by atoms with Crippen molar-refractivity contribution >= 4 is 32.7 Å². The number of nitrogens with zero attached hydrogens (tertiary/aromatic N) is 1. The molecular weight excluding hydrogens is 294 g/mol. The molecule has 5 heteroatoms. The number of hydrogen-bond acceptors (Lipinski definition) is 3. The molecule has 2 rings (SSSR count). The molecule has 0 saturated carbocycles. The van der Waals surface area contributed by atoms with Crippen LogP contribution in [0, 0.1) is 19.3 Å². The Morgan fingerprint density at radius 1 is 1.44 bits per heavy atom. The molecule has 0 spiro atoms. The number of nitrogens with one attached hydrogen (secondary N) is 1. The summed E-state index contributed by atoms with van der Waals surface area (Å²) in [4.78, 5) is 4.48. The van der Waals surface area contributed by atoms with Gasteiger partial charge in [-0.1, -0.05) is 0 Å². The van der Waals surface area contributed by atoms with E-state index in [9.17, 15) is 0 Å². The number of benzene rings is 1. The van der Waals surface area contributed by atoms with Gasteiger partial charge in [-0.05, 0) is 53.5 Å². The van der Waals surface area contributed by atoms with Crippen LogP contribution in [0.15, 0.2) is 22.7 Å². The van der Waals surface area contributed by atoms with E-state index in [2.05, 4.69) is 20.9 Å². The number of hydrogen-bond donors (Lipinski definition) is 2. The Bertz CT molecular complexity index is 625. The van der Waals surface area contributed by atoms with Gasteiger partial charge in [0.15, 0.2) is 0 Å². The summed E-state index contributed by atoms with van der Waals surface area (Å²) in [5.74, 6) is 0.673. The Hall–Kier alpha value is -1.62. The molecule has 4 nitrogen and oxygen atoms in total. The zero-order valence-electron chi connectivity index (χ0n) is 10.2. The predicted molar refractivity (Wildman–Crippen MR) is 76.3 cm³/mol. The molecule has 0 amide bonds. The molecule has 3 N–H and O–H groups in total. The lowest BCUT2D eigenvalue weighted by Crippen LogP contribution is -2.19. The summed E-state index contributed by atoms with van der Waals surface area (Å²) in [6, 6.07) is 5.78. The Morgan fingerprint density at radius 2 is 2.17 bits per heavy atom. The smallest absolute Gasteiger partial charge is 0.145 e. The third kappa shape index (κ3) is 2.46. The molecule has 0 aliphatic carbocycles. The normalized spacial score (nSPS) is 10.6. The van der Waals surface area contributed by atoms with Crippen LogP contribution in [0.25, 0.3) is 10.9 Å². The van der Waals surface area contributed by atoms with E-state index >= 15 is 0 Å². The first-order valence-electron chi connectivity index (χ1n) is 5.51. The second-order valence-electron chi connectivity index (χ2n) is 4.17. The maximum Gasteiger partial charge on any atom is 0.145 e. The van der Waals surface area contributed by atoms with E-state index in [4.69, 9.17) is 15.9 Å². The lowest BCUT2D eigenvalue weighted by molar-refractivity contribution is 0.373. The molecule has 0 aliphatic rings. The maximum atomic E-state index is 7.17. The Kier molecular flexibility index (Phi) is 3.52. The van der Waals surface area contributed by atoms with Crippen molar-refractivity contribution in [3.8, 4) is 5.75 Å². The van der Waals surface area contributed by atoms with Crippen molar-refractivity contribution in [2.45, 2.75) is 13.8 Å². The zero-order valence-corrected chi connectivity index (χ0v) is 11.8. The molecule has 0 atom stereocenters. The minimum absolute atomic E-state index is 0.000694. The minimum atomic E-state index is 0.000694. The summed E-state index contributed by atoms with van der Waals surface area (Å²) in [6.45, 7) is 4.10. The topological polar surface area (TPSA) is 72.0 Å². The third-order valence-electron chi connectivity index (χ3n) is 2.58. The van der Waals surface area contributed by atoms with Crippen LogP contribution in [0.2, 0.25) is 0 Å². The van der Waals surface area contributed by atoms with Gasteiger partial charge >= 0.3 is 0 Å². The summed E-state index contributed by atoms with van der Waals surface area (Å²) in [5, 5.41) is 8.20. The first kappa shape index (κ1) is 12.8. The summed E-state index contributed by atoms with van der Waals surface area (Å²) in [6.07, 6.45) is 0. The van der Waals surface area contributed by atoms with Gasteiger partial charge in [-0.2, -0.15) is 0 Å². The molecular formula is C13H14BrN3O. The van der Waals surface area contributed by atoms with Crippen LogP contribution in [0.1, 0.15) is 11.3 Å². The Balaban J connectivity index is 2.53. The molecule has 0 radical (unpaired) electrons. The van der Waals surface area contributed by atoms with Crippen molar-refractivity contribution in [3.05, 3.63) is 33.9 Å². The average Bonchev–Trinajstić information content (AvgIpc) is 2.26. The van der Waals surface area contributed by atoms with Crippen LogP contribution >= 0.6 is 15.9 Å². The van der Waals surface area contributed by atoms with Gasteiger partial charge in [-0.15, -0.1) is 0 Å². The van der Waals surface area contributed by atoms with Crippen LogP contribution in [0.5, 0.6) is 5.75 Å². The number of fused-ring (bicyclic) bond motifs is 1. The molecule has 0 unspecified atom stereocenters. The molecule has 1 heterocycles. The molecule has 0 aliphatic heterocycles. The third-order valence-corrected chi connectivity index (χ3v) is 3.37. The number of ether oxygens (including phenoxy) is 1. The number of halogens is 1. The van der Waals surface area contributed by atoms with Crippen LogP contribution in [0.4, 0.5) is 0 Å². The number of amidine groups is 1. The first-order chi connectivity index (χ1) is 8.49. The molecule has 1 aromatic carbocycles. The van der Waals surface area contributed by atoms with Crippen LogP contribution in [-0.4, -0.2) is 17.4 Å². The minimum Gasteiger partial charge on any atom is -0.485 e. The van der Waals surface area contributed by atoms with E-state index in [-0.39, 0.29) is 12.4 Å². The van der Waals surface area contributed by atoms with Crippen molar-refractivity contribution in [2.75, 3.05) is 6.61 Å².